The van der Waals surface area contributed by atoms with Crippen molar-refractivity contribution in [2.45, 2.75) is 13.8 Å². The molecule has 0 aliphatic heterocycles. The van der Waals surface area contributed by atoms with Gasteiger partial charge in [-0.2, -0.15) is 0 Å². The molecule has 1 N–H and O–H groups in total. The lowest BCUT2D eigenvalue weighted by Crippen LogP contribution is -2.02. The number of aromatic hydroxyl groups is 1. The monoisotopic (exact) mass is 270 g/mol. The van der Waals surface area contributed by atoms with E-state index < -0.39 is 5.63 Å². The van der Waals surface area contributed by atoms with Gasteiger partial charge in [-0.1, -0.05) is 0 Å². The van der Waals surface area contributed by atoms with Crippen LogP contribution in [0.1, 0.15) is 11.1 Å². The highest BCUT2D eigenvalue weighted by molar-refractivity contribution is 6.07. The maximum absolute atomic E-state index is 12.1. The van der Waals surface area contributed by atoms with Gasteiger partial charge in [-0.25, -0.2) is 4.79 Å². The topological polar surface area (TPSA) is 59.7 Å². The van der Waals surface area contributed by atoms with Gasteiger partial charge in [-0.05, 0) is 43.7 Å². The molecule has 0 aliphatic carbocycles. The average molecular weight is 270 g/mol. The van der Waals surface area contributed by atoms with Crippen molar-refractivity contribution in [3.05, 3.63) is 45.8 Å². The van der Waals surface area contributed by atoms with Crippen LogP contribution in [0.5, 0.6) is 11.5 Å². The van der Waals surface area contributed by atoms with E-state index in [-0.39, 0.29) is 5.75 Å². The first-order chi connectivity index (χ1) is 9.52. The van der Waals surface area contributed by atoms with Gasteiger partial charge in [-0.3, -0.25) is 0 Å². The highest BCUT2D eigenvalue weighted by Gasteiger charge is 2.14. The van der Waals surface area contributed by atoms with Gasteiger partial charge in [0, 0.05) is 16.3 Å². The van der Waals surface area contributed by atoms with Crippen LogP contribution < -0.4 is 10.4 Å². The van der Waals surface area contributed by atoms with E-state index in [2.05, 4.69) is 0 Å². The predicted octanol–water partition coefficient (Wildman–Crippen LogP) is 3.28. The largest absolute Gasteiger partial charge is 0.508 e. The number of methoxy groups -OCH3 is 1. The van der Waals surface area contributed by atoms with Crippen molar-refractivity contribution in [1.29, 1.82) is 0 Å². The number of fused-ring (bicyclic) bond motifs is 3. The lowest BCUT2D eigenvalue weighted by molar-refractivity contribution is 0.415. The van der Waals surface area contributed by atoms with Gasteiger partial charge in [0.15, 0.2) is 0 Å². The zero-order chi connectivity index (χ0) is 14.4. The number of hydrogen-bond acceptors (Lipinski definition) is 4. The molecule has 0 amide bonds. The number of aryl methyl sites for hydroxylation is 2. The first-order valence-corrected chi connectivity index (χ1v) is 6.26. The summed E-state index contributed by atoms with van der Waals surface area (Å²) in [6, 6.07) is 6.92. The first kappa shape index (κ1) is 12.5. The Morgan fingerprint density at radius 2 is 1.90 bits per heavy atom. The molecule has 0 aliphatic rings. The summed E-state index contributed by atoms with van der Waals surface area (Å²) in [4.78, 5) is 12.1. The van der Waals surface area contributed by atoms with Gasteiger partial charge in [0.25, 0.3) is 0 Å². The lowest BCUT2D eigenvalue weighted by atomic mass is 10.00. The van der Waals surface area contributed by atoms with Gasteiger partial charge < -0.3 is 14.3 Å². The van der Waals surface area contributed by atoms with E-state index in [0.29, 0.717) is 22.3 Å². The van der Waals surface area contributed by atoms with Crippen molar-refractivity contribution >= 4 is 21.7 Å². The molecule has 4 nitrogen and oxygen atoms in total. The van der Waals surface area contributed by atoms with E-state index in [1.165, 1.54) is 0 Å². The van der Waals surface area contributed by atoms with E-state index in [9.17, 15) is 9.90 Å². The molecule has 0 radical (unpaired) electrons. The Balaban J connectivity index is 2.64. The van der Waals surface area contributed by atoms with Crippen molar-refractivity contribution < 1.29 is 14.3 Å². The SMILES string of the molecule is COc1ccc2c(=O)oc3c(C)c(O)cc(C)c3c2c1. The Morgan fingerprint density at radius 3 is 2.60 bits per heavy atom. The summed E-state index contributed by atoms with van der Waals surface area (Å²) in [5.74, 6) is 0.801. The molecule has 2 aromatic carbocycles. The summed E-state index contributed by atoms with van der Waals surface area (Å²) >= 11 is 0. The average Bonchev–Trinajstić information content (AvgIpc) is 2.44. The molecule has 20 heavy (non-hydrogen) atoms. The molecule has 3 aromatic rings. The second kappa shape index (κ2) is 4.27. The third-order valence-electron chi connectivity index (χ3n) is 3.61. The summed E-state index contributed by atoms with van der Waals surface area (Å²) in [5, 5.41) is 12.0. The van der Waals surface area contributed by atoms with Crippen LogP contribution in [-0.2, 0) is 0 Å². The lowest BCUT2D eigenvalue weighted by Gasteiger charge is -2.10. The fraction of sp³-hybridized carbons (Fsp3) is 0.188. The van der Waals surface area contributed by atoms with Gasteiger partial charge in [0.05, 0.1) is 12.5 Å². The van der Waals surface area contributed by atoms with Crippen molar-refractivity contribution in [3.8, 4) is 11.5 Å². The minimum Gasteiger partial charge on any atom is -0.508 e. The van der Waals surface area contributed by atoms with Gasteiger partial charge in [0.2, 0.25) is 0 Å². The predicted molar refractivity (Wildman–Crippen MR) is 77.7 cm³/mol. The number of phenolic OH excluding ortho intramolecular Hbond substituents is 1. The Morgan fingerprint density at radius 1 is 1.15 bits per heavy atom. The highest BCUT2D eigenvalue weighted by atomic mass is 16.5. The molecule has 0 unspecified atom stereocenters. The van der Waals surface area contributed by atoms with Crippen molar-refractivity contribution in [1.82, 2.24) is 0 Å². The summed E-state index contributed by atoms with van der Waals surface area (Å²) < 4.78 is 10.6. The molecule has 102 valence electrons. The Hall–Kier alpha value is -2.49. The standard InChI is InChI=1S/C16H14O4/c1-8-6-13(17)9(2)15-14(8)12-7-10(19-3)4-5-11(12)16(18)20-15/h4-7,17H,1-3H3. The van der Waals surface area contributed by atoms with Crippen LogP contribution in [0.25, 0.3) is 21.7 Å². The van der Waals surface area contributed by atoms with Crippen LogP contribution in [0.2, 0.25) is 0 Å². The molecule has 4 heteroatoms. The summed E-state index contributed by atoms with van der Waals surface area (Å²) in [5.41, 5.74) is 1.43. The molecule has 0 bridgehead atoms. The quantitative estimate of drug-likeness (QED) is 0.544. The molecule has 0 fully saturated rings. The molecule has 0 spiro atoms. The highest BCUT2D eigenvalue weighted by Crippen LogP contribution is 2.34. The van der Waals surface area contributed by atoms with E-state index >= 15 is 0 Å². The smallest absolute Gasteiger partial charge is 0.344 e. The van der Waals surface area contributed by atoms with E-state index in [1.807, 2.05) is 13.0 Å². The summed E-state index contributed by atoms with van der Waals surface area (Å²) in [6.45, 7) is 3.60. The molecule has 1 heterocycles. The molecule has 0 atom stereocenters. The Bertz CT molecular complexity index is 890. The normalized spacial score (nSPS) is 11.2. The molecular formula is C16H14O4. The van der Waals surface area contributed by atoms with Crippen LogP contribution >= 0.6 is 0 Å². The zero-order valence-corrected chi connectivity index (χ0v) is 11.5. The van der Waals surface area contributed by atoms with Gasteiger partial charge in [-0.15, -0.1) is 0 Å². The third kappa shape index (κ3) is 1.65. The number of phenols is 1. The second-order valence-corrected chi connectivity index (χ2v) is 4.84. The maximum atomic E-state index is 12.1. The van der Waals surface area contributed by atoms with Crippen molar-refractivity contribution in [3.63, 3.8) is 0 Å². The van der Waals surface area contributed by atoms with Gasteiger partial charge >= 0.3 is 5.63 Å². The first-order valence-electron chi connectivity index (χ1n) is 6.26. The van der Waals surface area contributed by atoms with Crippen molar-refractivity contribution in [2.75, 3.05) is 7.11 Å². The summed E-state index contributed by atoms with van der Waals surface area (Å²) in [7, 11) is 1.58. The summed E-state index contributed by atoms with van der Waals surface area (Å²) in [6.07, 6.45) is 0. The number of rotatable bonds is 1. The minimum absolute atomic E-state index is 0.125. The molecule has 0 saturated carbocycles. The Labute approximate surface area is 115 Å². The molecule has 3 rings (SSSR count). The molecule has 0 saturated heterocycles. The molecular weight excluding hydrogens is 256 g/mol. The van der Waals surface area contributed by atoms with Gasteiger partial charge in [0.1, 0.15) is 17.1 Å². The van der Waals surface area contributed by atoms with E-state index in [4.69, 9.17) is 9.15 Å². The number of hydrogen-bond donors (Lipinski definition) is 1. The van der Waals surface area contributed by atoms with Crippen LogP contribution in [-0.4, -0.2) is 12.2 Å². The second-order valence-electron chi connectivity index (χ2n) is 4.84. The van der Waals surface area contributed by atoms with E-state index in [0.717, 1.165) is 16.3 Å². The fourth-order valence-electron chi connectivity index (χ4n) is 2.51. The van der Waals surface area contributed by atoms with Crippen LogP contribution in [0.15, 0.2) is 33.5 Å². The Kier molecular flexibility index (Phi) is 2.67. The molecule has 1 aromatic heterocycles. The van der Waals surface area contributed by atoms with Crippen molar-refractivity contribution in [2.24, 2.45) is 0 Å². The fourth-order valence-corrected chi connectivity index (χ4v) is 2.51. The minimum atomic E-state index is -0.414. The number of ether oxygens (including phenoxy) is 1. The van der Waals surface area contributed by atoms with E-state index in [1.54, 1.807) is 32.2 Å². The number of benzene rings is 2. The zero-order valence-electron chi connectivity index (χ0n) is 11.5. The van der Waals surface area contributed by atoms with Crippen LogP contribution in [0, 0.1) is 13.8 Å². The third-order valence-corrected chi connectivity index (χ3v) is 3.61. The maximum Gasteiger partial charge on any atom is 0.344 e. The van der Waals surface area contributed by atoms with Crippen LogP contribution in [0.3, 0.4) is 0 Å². The van der Waals surface area contributed by atoms with Crippen LogP contribution in [0.4, 0.5) is 0 Å².